The first-order valence-corrected chi connectivity index (χ1v) is 7.65. The van der Waals surface area contributed by atoms with Crippen molar-refractivity contribution in [1.82, 2.24) is 5.32 Å². The van der Waals surface area contributed by atoms with Crippen molar-refractivity contribution >= 4 is 0 Å². The largest absolute Gasteiger partial charge is 0.360 e. The maximum Gasteiger partial charge on any atom is 0.119 e. The van der Waals surface area contributed by atoms with E-state index in [1.54, 1.807) is 0 Å². The van der Waals surface area contributed by atoms with Crippen LogP contribution in [0.4, 0.5) is 0 Å². The molecule has 0 radical (unpaired) electrons. The molecule has 3 rings (SSSR count). The van der Waals surface area contributed by atoms with Crippen LogP contribution in [0.25, 0.3) is 0 Å². The van der Waals surface area contributed by atoms with Crippen LogP contribution >= 0.6 is 0 Å². The van der Waals surface area contributed by atoms with E-state index < -0.39 is 0 Å². The molecule has 2 aliphatic carbocycles. The lowest BCUT2D eigenvalue weighted by Gasteiger charge is -2.49. The highest BCUT2D eigenvalue weighted by atomic mass is 16.5. The maximum absolute atomic E-state index is 6.33. The fraction of sp³-hybridized carbons (Fsp3) is 1.00. The third kappa shape index (κ3) is 2.26. The molecule has 17 heavy (non-hydrogen) atoms. The Balaban J connectivity index is 1.57. The number of ether oxygens (including phenoxy) is 1. The fourth-order valence-electron chi connectivity index (χ4n) is 4.06. The van der Waals surface area contributed by atoms with Gasteiger partial charge in [0.05, 0.1) is 6.61 Å². The van der Waals surface area contributed by atoms with E-state index >= 15 is 0 Å². The van der Waals surface area contributed by atoms with Crippen LogP contribution in [0.5, 0.6) is 0 Å². The highest BCUT2D eigenvalue weighted by molar-refractivity contribution is 4.96. The standard InChI is InChI=1S/C15H27NO/c1-2-13-5-9-15(10-6-13)16-11-14(12-17-15)7-3-4-8-14/h13,16H,2-12H2,1H3. The molecule has 3 aliphatic rings. The topological polar surface area (TPSA) is 21.3 Å². The summed E-state index contributed by atoms with van der Waals surface area (Å²) in [6.07, 6.45) is 12.1. The van der Waals surface area contributed by atoms with E-state index in [2.05, 4.69) is 12.2 Å². The monoisotopic (exact) mass is 237 g/mol. The molecule has 2 saturated carbocycles. The van der Waals surface area contributed by atoms with Gasteiger partial charge in [0, 0.05) is 12.0 Å². The van der Waals surface area contributed by atoms with Gasteiger partial charge < -0.3 is 4.74 Å². The van der Waals surface area contributed by atoms with Crippen LogP contribution < -0.4 is 5.32 Å². The van der Waals surface area contributed by atoms with Crippen molar-refractivity contribution < 1.29 is 4.74 Å². The van der Waals surface area contributed by atoms with Crippen LogP contribution in [-0.2, 0) is 4.74 Å². The van der Waals surface area contributed by atoms with Gasteiger partial charge in [0.25, 0.3) is 0 Å². The average Bonchev–Trinajstić information content (AvgIpc) is 2.84. The molecule has 0 bridgehead atoms. The van der Waals surface area contributed by atoms with Crippen LogP contribution in [0.2, 0.25) is 0 Å². The van der Waals surface area contributed by atoms with Crippen molar-refractivity contribution in [1.29, 1.82) is 0 Å². The maximum atomic E-state index is 6.33. The Hall–Kier alpha value is -0.0800. The second kappa shape index (κ2) is 4.55. The van der Waals surface area contributed by atoms with Gasteiger partial charge >= 0.3 is 0 Å². The van der Waals surface area contributed by atoms with Crippen molar-refractivity contribution in [2.24, 2.45) is 11.3 Å². The van der Waals surface area contributed by atoms with Gasteiger partial charge in [-0.3, -0.25) is 5.32 Å². The molecule has 1 saturated heterocycles. The third-order valence-corrected chi connectivity index (χ3v) is 5.59. The molecule has 0 atom stereocenters. The summed E-state index contributed by atoms with van der Waals surface area (Å²) in [5.41, 5.74) is 0.576. The van der Waals surface area contributed by atoms with Gasteiger partial charge in [-0.05, 0) is 44.4 Å². The average molecular weight is 237 g/mol. The summed E-state index contributed by atoms with van der Waals surface area (Å²) in [6, 6.07) is 0. The molecular weight excluding hydrogens is 210 g/mol. The van der Waals surface area contributed by atoms with Crippen molar-refractivity contribution in [2.75, 3.05) is 13.2 Å². The van der Waals surface area contributed by atoms with E-state index in [1.807, 2.05) is 0 Å². The summed E-state index contributed by atoms with van der Waals surface area (Å²) in [4.78, 5) is 0. The number of hydrogen-bond acceptors (Lipinski definition) is 2. The van der Waals surface area contributed by atoms with E-state index in [-0.39, 0.29) is 5.72 Å². The molecule has 0 unspecified atom stereocenters. The first kappa shape index (κ1) is 12.0. The van der Waals surface area contributed by atoms with E-state index in [0.29, 0.717) is 5.41 Å². The zero-order chi connectivity index (χ0) is 11.8. The van der Waals surface area contributed by atoms with Gasteiger partial charge in [0.1, 0.15) is 5.72 Å². The van der Waals surface area contributed by atoms with Crippen LogP contribution in [0.3, 0.4) is 0 Å². The van der Waals surface area contributed by atoms with Crippen molar-refractivity contribution in [3.8, 4) is 0 Å². The molecule has 2 heteroatoms. The Morgan fingerprint density at radius 1 is 1.12 bits per heavy atom. The van der Waals surface area contributed by atoms with Crippen LogP contribution in [-0.4, -0.2) is 18.9 Å². The predicted octanol–water partition coefficient (Wildman–Crippen LogP) is 3.46. The Bertz CT molecular complexity index is 250. The normalized spacial score (nSPS) is 41.1. The summed E-state index contributed by atoms with van der Waals surface area (Å²) >= 11 is 0. The first-order chi connectivity index (χ1) is 8.26. The molecule has 1 N–H and O–H groups in total. The van der Waals surface area contributed by atoms with Crippen molar-refractivity contribution in [3.63, 3.8) is 0 Å². The zero-order valence-corrected chi connectivity index (χ0v) is 11.3. The molecule has 0 aromatic heterocycles. The van der Waals surface area contributed by atoms with E-state index in [4.69, 9.17) is 4.74 Å². The lowest BCUT2D eigenvalue weighted by Crippen LogP contribution is -2.59. The molecule has 2 nitrogen and oxygen atoms in total. The first-order valence-electron chi connectivity index (χ1n) is 7.65. The second-order valence-corrected chi connectivity index (χ2v) is 6.70. The number of rotatable bonds is 1. The SMILES string of the molecule is CCC1CCC2(CC1)NCC1(CCCC1)CO2. The second-order valence-electron chi connectivity index (χ2n) is 6.70. The van der Waals surface area contributed by atoms with Crippen molar-refractivity contribution in [2.45, 2.75) is 70.4 Å². The smallest absolute Gasteiger partial charge is 0.119 e. The van der Waals surface area contributed by atoms with E-state index in [0.717, 1.165) is 12.5 Å². The van der Waals surface area contributed by atoms with Gasteiger partial charge in [-0.15, -0.1) is 0 Å². The quantitative estimate of drug-likeness (QED) is 0.754. The zero-order valence-electron chi connectivity index (χ0n) is 11.3. The van der Waals surface area contributed by atoms with E-state index in [1.165, 1.54) is 64.3 Å². The van der Waals surface area contributed by atoms with Gasteiger partial charge in [0.2, 0.25) is 0 Å². The minimum absolute atomic E-state index is 0.0690. The Morgan fingerprint density at radius 2 is 1.82 bits per heavy atom. The minimum atomic E-state index is 0.0690. The van der Waals surface area contributed by atoms with Crippen LogP contribution in [0.15, 0.2) is 0 Å². The number of hydrogen-bond donors (Lipinski definition) is 1. The molecular formula is C15H27NO. The van der Waals surface area contributed by atoms with Crippen LogP contribution in [0.1, 0.15) is 64.7 Å². The Kier molecular flexibility index (Phi) is 3.20. The fourth-order valence-corrected chi connectivity index (χ4v) is 4.06. The highest BCUT2D eigenvalue weighted by Crippen LogP contribution is 2.44. The van der Waals surface area contributed by atoms with Gasteiger partial charge in [-0.2, -0.15) is 0 Å². The highest BCUT2D eigenvalue weighted by Gasteiger charge is 2.45. The predicted molar refractivity (Wildman–Crippen MR) is 69.8 cm³/mol. The summed E-state index contributed by atoms with van der Waals surface area (Å²) in [7, 11) is 0. The minimum Gasteiger partial charge on any atom is -0.360 e. The van der Waals surface area contributed by atoms with Gasteiger partial charge in [-0.1, -0.05) is 26.2 Å². The third-order valence-electron chi connectivity index (χ3n) is 5.59. The van der Waals surface area contributed by atoms with Gasteiger partial charge in [0.15, 0.2) is 0 Å². The summed E-state index contributed by atoms with van der Waals surface area (Å²) in [5, 5.41) is 3.79. The molecule has 1 heterocycles. The Morgan fingerprint density at radius 3 is 2.35 bits per heavy atom. The molecule has 2 spiro atoms. The molecule has 0 aromatic carbocycles. The van der Waals surface area contributed by atoms with E-state index in [9.17, 15) is 0 Å². The molecule has 98 valence electrons. The molecule has 3 fully saturated rings. The molecule has 1 aliphatic heterocycles. The number of nitrogens with one attached hydrogen (secondary N) is 1. The summed E-state index contributed by atoms with van der Waals surface area (Å²) < 4.78 is 6.33. The summed E-state index contributed by atoms with van der Waals surface area (Å²) in [5.74, 6) is 0.952. The molecule has 0 amide bonds. The van der Waals surface area contributed by atoms with Gasteiger partial charge in [-0.25, -0.2) is 0 Å². The van der Waals surface area contributed by atoms with Crippen molar-refractivity contribution in [3.05, 3.63) is 0 Å². The summed E-state index contributed by atoms with van der Waals surface area (Å²) in [6.45, 7) is 4.56. The lowest BCUT2D eigenvalue weighted by atomic mass is 9.78. The molecule has 0 aromatic rings. The lowest BCUT2D eigenvalue weighted by molar-refractivity contribution is -0.164. The Labute approximate surface area is 105 Å². The van der Waals surface area contributed by atoms with Crippen LogP contribution in [0, 0.1) is 11.3 Å².